The van der Waals surface area contributed by atoms with Gasteiger partial charge in [-0.3, -0.25) is 24.1 Å². The molecule has 4 heterocycles. The number of nitrogens with zero attached hydrogens (tertiary/aromatic N) is 5. The van der Waals surface area contributed by atoms with E-state index in [1.807, 2.05) is 35.2 Å². The van der Waals surface area contributed by atoms with Crippen LogP contribution in [0, 0.1) is 5.92 Å². The minimum Gasteiger partial charge on any atom is -0.351 e. The Labute approximate surface area is 303 Å². The number of amides is 4. The summed E-state index contributed by atoms with van der Waals surface area (Å²) >= 11 is 2.69. The van der Waals surface area contributed by atoms with Crippen molar-refractivity contribution in [3.05, 3.63) is 68.1 Å². The van der Waals surface area contributed by atoms with Crippen LogP contribution in [0.25, 0.3) is 0 Å². The predicted octanol–water partition coefficient (Wildman–Crippen LogP) is 3.90. The molecule has 0 aliphatic carbocycles. The molecule has 4 bridgehead atoms. The van der Waals surface area contributed by atoms with E-state index in [9.17, 15) is 19.2 Å². The second-order valence-electron chi connectivity index (χ2n) is 13.6. The van der Waals surface area contributed by atoms with Crippen LogP contribution in [0.3, 0.4) is 0 Å². The van der Waals surface area contributed by atoms with Gasteiger partial charge in [0.2, 0.25) is 11.8 Å². The van der Waals surface area contributed by atoms with Crippen LogP contribution in [0.4, 0.5) is 0 Å². The summed E-state index contributed by atoms with van der Waals surface area (Å²) in [4.78, 5) is 69.2. The maximum Gasteiger partial charge on any atom is 0.271 e. The van der Waals surface area contributed by atoms with Gasteiger partial charge in [-0.1, -0.05) is 44.2 Å². The lowest BCUT2D eigenvalue weighted by Crippen LogP contribution is -2.43. The second kappa shape index (κ2) is 18.5. The first kappa shape index (κ1) is 37.5. The zero-order valence-corrected chi connectivity index (χ0v) is 31.0. The Morgan fingerprint density at radius 1 is 0.840 bits per heavy atom. The predicted molar refractivity (Wildman–Crippen MR) is 196 cm³/mol. The zero-order chi connectivity index (χ0) is 35.5. The van der Waals surface area contributed by atoms with Crippen LogP contribution in [-0.2, 0) is 16.0 Å². The summed E-state index contributed by atoms with van der Waals surface area (Å²) in [7, 11) is 2.11. The van der Waals surface area contributed by atoms with Crippen LogP contribution >= 0.6 is 22.7 Å². The minimum atomic E-state index is -0.481. The van der Waals surface area contributed by atoms with Gasteiger partial charge in [-0.15, -0.1) is 22.7 Å². The van der Waals surface area contributed by atoms with Crippen molar-refractivity contribution < 1.29 is 19.2 Å². The highest BCUT2D eigenvalue weighted by Crippen LogP contribution is 2.27. The number of thiazole rings is 2. The van der Waals surface area contributed by atoms with E-state index >= 15 is 0 Å². The number of fused-ring (bicyclic) bond motifs is 4. The van der Waals surface area contributed by atoms with Gasteiger partial charge >= 0.3 is 0 Å². The second-order valence-corrected chi connectivity index (χ2v) is 15.4. The van der Waals surface area contributed by atoms with Gasteiger partial charge in [-0.2, -0.15) is 0 Å². The van der Waals surface area contributed by atoms with Gasteiger partial charge in [0.15, 0.2) is 0 Å². The quantitative estimate of drug-likeness (QED) is 0.349. The molecule has 3 aromatic rings. The van der Waals surface area contributed by atoms with E-state index in [4.69, 9.17) is 0 Å². The van der Waals surface area contributed by atoms with Crippen LogP contribution in [0.1, 0.15) is 94.6 Å². The van der Waals surface area contributed by atoms with Crippen molar-refractivity contribution in [3.8, 4) is 0 Å². The van der Waals surface area contributed by atoms with Gasteiger partial charge in [0, 0.05) is 49.9 Å². The highest BCUT2D eigenvalue weighted by Gasteiger charge is 2.26. The third kappa shape index (κ3) is 11.1. The fraction of sp³-hybridized carbons (Fsp3) is 0.556. The number of hydrogen-bond acceptors (Lipinski definition) is 10. The summed E-state index contributed by atoms with van der Waals surface area (Å²) in [5, 5.41) is 14.0. The van der Waals surface area contributed by atoms with Crippen LogP contribution in [0.5, 0.6) is 0 Å². The molecule has 12 nitrogen and oxygen atoms in total. The normalized spacial score (nSPS) is 21.1. The van der Waals surface area contributed by atoms with Gasteiger partial charge in [-0.05, 0) is 63.7 Å². The average molecular weight is 723 g/mol. The molecule has 3 N–H and O–H groups in total. The lowest BCUT2D eigenvalue weighted by Gasteiger charge is -2.27. The summed E-state index contributed by atoms with van der Waals surface area (Å²) in [6, 6.07) is 9.01. The molecule has 0 unspecified atom stereocenters. The van der Waals surface area contributed by atoms with E-state index < -0.39 is 6.04 Å². The van der Waals surface area contributed by atoms with Gasteiger partial charge in [0.1, 0.15) is 21.4 Å². The number of hydrogen-bond donors (Lipinski definition) is 3. The Bertz CT molecular complexity index is 1580. The van der Waals surface area contributed by atoms with Crippen molar-refractivity contribution in [1.29, 1.82) is 0 Å². The van der Waals surface area contributed by atoms with Crippen LogP contribution in [-0.4, -0.2) is 108 Å². The van der Waals surface area contributed by atoms with E-state index in [1.54, 1.807) is 10.8 Å². The maximum absolute atomic E-state index is 13.6. The summed E-state index contributed by atoms with van der Waals surface area (Å²) in [6.45, 7) is 9.48. The number of benzene rings is 1. The molecule has 1 fully saturated rings. The summed E-state index contributed by atoms with van der Waals surface area (Å²) in [6.07, 6.45) is 3.52. The Kier molecular flexibility index (Phi) is 13.9. The van der Waals surface area contributed by atoms with Crippen molar-refractivity contribution in [2.75, 3.05) is 59.4 Å². The molecular formula is C36H50N8O4S2. The fourth-order valence-electron chi connectivity index (χ4n) is 6.25. The molecule has 14 heteroatoms. The smallest absolute Gasteiger partial charge is 0.271 e. The monoisotopic (exact) mass is 722 g/mol. The number of likely N-dealkylation sites (N-methyl/N-ethyl adjacent to an activating group) is 1. The van der Waals surface area contributed by atoms with Crippen LogP contribution in [0.2, 0.25) is 0 Å². The lowest BCUT2D eigenvalue weighted by atomic mass is 10.0. The van der Waals surface area contributed by atoms with E-state index in [0.29, 0.717) is 67.6 Å². The Hall–Kier alpha value is -3.72. The SMILES string of the molecule is CC(C)C[C@@H]1NC(=O)CCCN(C(=O)CN2CCCN(C)CC2)CCCNC(=O)c2csc(n2)[C@H](Cc2ccccc2)NC(=O)c2csc1n2. The highest BCUT2D eigenvalue weighted by molar-refractivity contribution is 7.10. The molecule has 50 heavy (non-hydrogen) atoms. The van der Waals surface area contributed by atoms with Crippen molar-refractivity contribution in [3.63, 3.8) is 0 Å². The molecule has 2 aromatic heterocycles. The first-order valence-electron chi connectivity index (χ1n) is 17.7. The number of nitrogens with one attached hydrogen (secondary N) is 3. The standard InChI is InChI=1S/C36H50N8O4S2/c1-25(2)20-27-35-41-30(24-50-35)34(48)39-28(21-26-10-5-4-6-11-26)36-40-29(23-49-36)33(47)37-13-8-17-44(16-7-12-31(45)38-27)32(46)22-43-15-9-14-42(3)18-19-43/h4-6,10-11,23-25,27-28H,7-9,12-22H2,1-3H3,(H,37,47)(H,38,45)(H,39,48)/t27-,28-/m0/s1. The molecule has 0 spiro atoms. The zero-order valence-electron chi connectivity index (χ0n) is 29.4. The molecule has 1 aromatic carbocycles. The topological polar surface area (TPSA) is 140 Å². The average Bonchev–Trinajstić information content (AvgIpc) is 3.74. The minimum absolute atomic E-state index is 0.0402. The number of carbonyl (C=O) groups excluding carboxylic acids is 4. The van der Waals surface area contributed by atoms with Gasteiger partial charge < -0.3 is 25.8 Å². The lowest BCUT2D eigenvalue weighted by molar-refractivity contribution is -0.133. The van der Waals surface area contributed by atoms with Gasteiger partial charge in [0.25, 0.3) is 11.8 Å². The molecule has 0 saturated carbocycles. The fourth-order valence-corrected chi connectivity index (χ4v) is 7.96. The largest absolute Gasteiger partial charge is 0.351 e. The Balaban J connectivity index is 1.36. The van der Waals surface area contributed by atoms with Gasteiger partial charge in [-0.25, -0.2) is 9.97 Å². The number of carbonyl (C=O) groups is 4. The molecule has 4 amide bonds. The number of aromatic nitrogens is 2. The molecule has 270 valence electrons. The Morgan fingerprint density at radius 3 is 2.28 bits per heavy atom. The molecule has 0 radical (unpaired) electrons. The van der Waals surface area contributed by atoms with Crippen molar-refractivity contribution in [2.45, 2.75) is 64.5 Å². The van der Waals surface area contributed by atoms with Crippen molar-refractivity contribution in [2.24, 2.45) is 5.92 Å². The molecule has 1 saturated heterocycles. The van der Waals surface area contributed by atoms with E-state index in [-0.39, 0.29) is 47.7 Å². The van der Waals surface area contributed by atoms with E-state index in [1.165, 1.54) is 22.7 Å². The van der Waals surface area contributed by atoms with E-state index in [0.717, 1.165) is 38.2 Å². The third-order valence-electron chi connectivity index (χ3n) is 8.98. The third-order valence-corrected chi connectivity index (χ3v) is 10.9. The van der Waals surface area contributed by atoms with Gasteiger partial charge in [0.05, 0.1) is 18.6 Å². The maximum atomic E-state index is 13.6. The van der Waals surface area contributed by atoms with Crippen molar-refractivity contribution >= 4 is 46.3 Å². The Morgan fingerprint density at radius 2 is 1.54 bits per heavy atom. The number of rotatable bonds is 6. The first-order valence-corrected chi connectivity index (χ1v) is 19.4. The molecule has 2 aliphatic heterocycles. The van der Waals surface area contributed by atoms with Crippen LogP contribution < -0.4 is 16.0 Å². The van der Waals surface area contributed by atoms with Crippen LogP contribution in [0.15, 0.2) is 41.1 Å². The molecule has 2 aliphatic rings. The van der Waals surface area contributed by atoms with Crippen molar-refractivity contribution in [1.82, 2.24) is 40.6 Å². The molecular weight excluding hydrogens is 673 g/mol. The van der Waals surface area contributed by atoms with E-state index in [2.05, 4.69) is 56.6 Å². The first-order chi connectivity index (χ1) is 24.1. The summed E-state index contributed by atoms with van der Waals surface area (Å²) in [5.74, 6) is -0.425. The summed E-state index contributed by atoms with van der Waals surface area (Å²) in [5.41, 5.74) is 1.58. The molecule has 2 atom stereocenters. The molecule has 5 rings (SSSR count). The summed E-state index contributed by atoms with van der Waals surface area (Å²) < 4.78 is 0. The highest BCUT2D eigenvalue weighted by atomic mass is 32.1.